The lowest BCUT2D eigenvalue weighted by atomic mass is 10.1. The summed E-state index contributed by atoms with van der Waals surface area (Å²) in [5.74, 6) is 0.372. The fourth-order valence-electron chi connectivity index (χ4n) is 2.20. The van der Waals surface area contributed by atoms with Gasteiger partial charge >= 0.3 is 0 Å². The Morgan fingerprint density at radius 1 is 1.14 bits per heavy atom. The van der Waals surface area contributed by atoms with Crippen LogP contribution in [0, 0.1) is 5.92 Å². The molecule has 116 valence electrons. The maximum Gasteiger partial charge on any atom is 0.238 e. The normalized spacial score (nSPS) is 11.2. The number of anilines is 1. The quantitative estimate of drug-likeness (QED) is 0.785. The van der Waals surface area contributed by atoms with Crippen LogP contribution in [0.25, 0.3) is 0 Å². The Labute approximate surface area is 127 Å². The zero-order chi connectivity index (χ0) is 16.0. The van der Waals surface area contributed by atoms with Crippen LogP contribution in [0.3, 0.4) is 0 Å². The van der Waals surface area contributed by atoms with E-state index in [0.29, 0.717) is 29.8 Å². The molecule has 0 radical (unpaired) electrons. The molecule has 0 spiro atoms. The number of rotatable bonds is 7. The van der Waals surface area contributed by atoms with Gasteiger partial charge in [0.2, 0.25) is 5.91 Å². The van der Waals surface area contributed by atoms with Gasteiger partial charge in [-0.1, -0.05) is 26.0 Å². The van der Waals surface area contributed by atoms with E-state index in [2.05, 4.69) is 37.9 Å². The van der Waals surface area contributed by atoms with Gasteiger partial charge in [-0.3, -0.25) is 14.5 Å². The second-order valence-electron chi connectivity index (χ2n) is 6.07. The van der Waals surface area contributed by atoms with Crippen LogP contribution in [0.5, 0.6) is 0 Å². The van der Waals surface area contributed by atoms with Gasteiger partial charge in [0.05, 0.1) is 12.2 Å². The number of amides is 1. The molecule has 0 aliphatic rings. The predicted octanol–water partition coefficient (Wildman–Crippen LogP) is 3.19. The molecule has 0 bridgehead atoms. The molecule has 0 fully saturated rings. The summed E-state index contributed by atoms with van der Waals surface area (Å²) >= 11 is 0. The van der Waals surface area contributed by atoms with E-state index >= 15 is 0 Å². The summed E-state index contributed by atoms with van der Waals surface area (Å²) in [7, 11) is 0. The molecule has 21 heavy (non-hydrogen) atoms. The van der Waals surface area contributed by atoms with Crippen LogP contribution < -0.4 is 5.32 Å². The van der Waals surface area contributed by atoms with Crippen molar-refractivity contribution in [3.05, 3.63) is 29.8 Å². The first-order valence-electron chi connectivity index (χ1n) is 7.45. The Balaban J connectivity index is 2.75. The second-order valence-corrected chi connectivity index (χ2v) is 6.07. The molecule has 1 N–H and O–H groups in total. The number of hydrogen-bond acceptors (Lipinski definition) is 3. The Hall–Kier alpha value is -1.68. The molecule has 0 aromatic heterocycles. The van der Waals surface area contributed by atoms with Gasteiger partial charge in [-0.2, -0.15) is 0 Å². The van der Waals surface area contributed by atoms with Gasteiger partial charge in [-0.05, 0) is 38.8 Å². The number of ketones is 1. The number of Topliss-reactive ketones (excluding diaryl/α,β-unsaturated/α-hetero) is 1. The lowest BCUT2D eigenvalue weighted by molar-refractivity contribution is -0.117. The molecule has 0 aliphatic carbocycles. The van der Waals surface area contributed by atoms with Crippen LogP contribution in [0.4, 0.5) is 5.69 Å². The van der Waals surface area contributed by atoms with Crippen LogP contribution >= 0.6 is 0 Å². The molecule has 0 saturated carbocycles. The summed E-state index contributed by atoms with van der Waals surface area (Å²) in [5, 5.41) is 2.85. The van der Waals surface area contributed by atoms with Crippen LogP contribution in [-0.2, 0) is 4.79 Å². The molecule has 0 heterocycles. The van der Waals surface area contributed by atoms with Gasteiger partial charge in [-0.25, -0.2) is 0 Å². The molecule has 4 nitrogen and oxygen atoms in total. The fraction of sp³-hybridized carbons (Fsp3) is 0.529. The summed E-state index contributed by atoms with van der Waals surface area (Å²) in [6, 6.07) is 7.41. The lowest BCUT2D eigenvalue weighted by Crippen LogP contribution is -2.40. The van der Waals surface area contributed by atoms with E-state index in [-0.39, 0.29) is 11.7 Å². The monoisotopic (exact) mass is 290 g/mol. The summed E-state index contributed by atoms with van der Waals surface area (Å²) in [4.78, 5) is 25.9. The number of hydrogen-bond donors (Lipinski definition) is 1. The second kappa shape index (κ2) is 7.93. The number of carbonyl (C=O) groups excluding carboxylic acids is 2. The zero-order valence-corrected chi connectivity index (χ0v) is 13.6. The third-order valence-electron chi connectivity index (χ3n) is 3.26. The van der Waals surface area contributed by atoms with E-state index in [0.717, 1.165) is 6.54 Å². The standard InChI is InChI=1S/C17H26N2O2/c1-12(2)10-19(13(3)4)11-17(21)18-16-9-7-6-8-15(16)14(5)20/h6-9,12-13H,10-11H2,1-5H3,(H,18,21). The van der Waals surface area contributed by atoms with Gasteiger partial charge in [-0.15, -0.1) is 0 Å². The molecular weight excluding hydrogens is 264 g/mol. The average Bonchev–Trinajstić information content (AvgIpc) is 2.37. The van der Waals surface area contributed by atoms with Crippen molar-refractivity contribution in [1.29, 1.82) is 0 Å². The Morgan fingerprint density at radius 2 is 1.76 bits per heavy atom. The minimum atomic E-state index is -0.0851. The minimum Gasteiger partial charge on any atom is -0.324 e. The molecule has 0 aliphatic heterocycles. The van der Waals surface area contributed by atoms with Gasteiger partial charge in [0.25, 0.3) is 0 Å². The molecule has 1 rings (SSSR count). The third kappa shape index (κ3) is 5.68. The average molecular weight is 290 g/mol. The van der Waals surface area contributed by atoms with E-state index in [9.17, 15) is 9.59 Å². The van der Waals surface area contributed by atoms with Crippen LogP contribution in [0.2, 0.25) is 0 Å². The third-order valence-corrected chi connectivity index (χ3v) is 3.26. The predicted molar refractivity (Wildman–Crippen MR) is 86.6 cm³/mol. The largest absolute Gasteiger partial charge is 0.324 e. The van der Waals surface area contributed by atoms with E-state index in [1.807, 2.05) is 6.07 Å². The smallest absolute Gasteiger partial charge is 0.238 e. The Morgan fingerprint density at radius 3 is 2.29 bits per heavy atom. The number of nitrogens with one attached hydrogen (secondary N) is 1. The number of nitrogens with zero attached hydrogens (tertiary/aromatic N) is 1. The van der Waals surface area contributed by atoms with Gasteiger partial charge in [0.15, 0.2) is 5.78 Å². The van der Waals surface area contributed by atoms with Gasteiger partial charge < -0.3 is 5.32 Å². The SMILES string of the molecule is CC(=O)c1ccccc1NC(=O)CN(CC(C)C)C(C)C. The number of carbonyl (C=O) groups is 2. The van der Waals surface area contributed by atoms with Crippen LogP contribution in [0.1, 0.15) is 45.0 Å². The number of para-hydroxylation sites is 1. The van der Waals surface area contributed by atoms with Crippen molar-refractivity contribution in [2.24, 2.45) is 5.92 Å². The number of benzene rings is 1. The first kappa shape index (κ1) is 17.4. The molecule has 1 amide bonds. The van der Waals surface area contributed by atoms with Crippen molar-refractivity contribution in [3.63, 3.8) is 0 Å². The lowest BCUT2D eigenvalue weighted by Gasteiger charge is -2.27. The molecule has 1 aromatic carbocycles. The highest BCUT2D eigenvalue weighted by Gasteiger charge is 2.16. The molecule has 0 saturated heterocycles. The van der Waals surface area contributed by atoms with Crippen molar-refractivity contribution in [3.8, 4) is 0 Å². The highest BCUT2D eigenvalue weighted by molar-refractivity contribution is 6.04. The maximum atomic E-state index is 12.2. The highest BCUT2D eigenvalue weighted by atomic mass is 16.2. The molecular formula is C17H26N2O2. The summed E-state index contributed by atoms with van der Waals surface area (Å²) in [5.41, 5.74) is 1.13. The fourth-order valence-corrected chi connectivity index (χ4v) is 2.20. The summed E-state index contributed by atoms with van der Waals surface area (Å²) < 4.78 is 0. The molecule has 4 heteroatoms. The van der Waals surface area contributed by atoms with E-state index < -0.39 is 0 Å². The van der Waals surface area contributed by atoms with Crippen LogP contribution in [0.15, 0.2) is 24.3 Å². The van der Waals surface area contributed by atoms with Gasteiger partial charge in [0.1, 0.15) is 0 Å². The van der Waals surface area contributed by atoms with E-state index in [1.165, 1.54) is 6.92 Å². The topological polar surface area (TPSA) is 49.4 Å². The van der Waals surface area contributed by atoms with Crippen molar-refractivity contribution < 1.29 is 9.59 Å². The summed E-state index contributed by atoms with van der Waals surface area (Å²) in [6.45, 7) is 11.2. The molecule has 0 atom stereocenters. The summed E-state index contributed by atoms with van der Waals surface area (Å²) in [6.07, 6.45) is 0. The molecule has 1 aromatic rings. The van der Waals surface area contributed by atoms with Crippen molar-refractivity contribution in [1.82, 2.24) is 4.90 Å². The first-order valence-corrected chi connectivity index (χ1v) is 7.45. The Bertz CT molecular complexity index is 495. The maximum absolute atomic E-state index is 12.2. The Kier molecular flexibility index (Phi) is 6.56. The van der Waals surface area contributed by atoms with Crippen LogP contribution in [-0.4, -0.2) is 35.7 Å². The van der Waals surface area contributed by atoms with E-state index in [4.69, 9.17) is 0 Å². The molecule has 0 unspecified atom stereocenters. The first-order chi connectivity index (χ1) is 9.81. The van der Waals surface area contributed by atoms with Gasteiger partial charge in [0, 0.05) is 18.2 Å². The van der Waals surface area contributed by atoms with E-state index in [1.54, 1.807) is 18.2 Å². The van der Waals surface area contributed by atoms with Crippen molar-refractivity contribution in [2.45, 2.75) is 40.7 Å². The highest BCUT2D eigenvalue weighted by Crippen LogP contribution is 2.15. The zero-order valence-electron chi connectivity index (χ0n) is 13.6. The van der Waals surface area contributed by atoms with Crippen molar-refractivity contribution >= 4 is 17.4 Å². The van der Waals surface area contributed by atoms with Crippen molar-refractivity contribution in [2.75, 3.05) is 18.4 Å². The minimum absolute atomic E-state index is 0.0474.